The topological polar surface area (TPSA) is 46.0 Å². The number of rotatable bonds is 4. The van der Waals surface area contributed by atoms with Gasteiger partial charge in [-0.3, -0.25) is 9.97 Å². The lowest BCUT2D eigenvalue weighted by atomic mass is 9.86. The summed E-state index contributed by atoms with van der Waals surface area (Å²) >= 11 is 18.1. The van der Waals surface area contributed by atoms with Gasteiger partial charge in [0.25, 0.3) is 0 Å². The molecule has 0 aliphatic carbocycles. The second-order valence-corrected chi connectivity index (χ2v) is 7.84. The van der Waals surface area contributed by atoms with Crippen molar-refractivity contribution in [1.82, 2.24) is 9.97 Å². The van der Waals surface area contributed by atoms with Crippen LogP contribution in [0.2, 0.25) is 15.1 Å². The zero-order valence-electron chi connectivity index (χ0n) is 14.9. The fourth-order valence-corrected chi connectivity index (χ4v) is 3.80. The summed E-state index contributed by atoms with van der Waals surface area (Å²) in [6, 6.07) is 13.7. The number of fused-ring (bicyclic) bond motifs is 1. The zero-order chi connectivity index (χ0) is 20.5. The van der Waals surface area contributed by atoms with E-state index in [-0.39, 0.29) is 22.9 Å². The highest BCUT2D eigenvalue weighted by atomic mass is 35.5. The molecule has 4 rings (SSSR count). The van der Waals surface area contributed by atoms with Crippen molar-refractivity contribution in [2.75, 3.05) is 0 Å². The summed E-state index contributed by atoms with van der Waals surface area (Å²) in [5.74, 6) is -0.908. The fourth-order valence-electron chi connectivity index (χ4n) is 3.35. The fraction of sp³-hybridized carbons (Fsp3) is 0.0909. The van der Waals surface area contributed by atoms with Crippen LogP contribution in [-0.2, 0) is 6.42 Å². The van der Waals surface area contributed by atoms with E-state index in [0.29, 0.717) is 21.1 Å². The van der Waals surface area contributed by atoms with Gasteiger partial charge >= 0.3 is 0 Å². The van der Waals surface area contributed by atoms with Crippen LogP contribution in [-0.4, -0.2) is 15.1 Å². The van der Waals surface area contributed by atoms with E-state index >= 15 is 0 Å². The highest BCUT2D eigenvalue weighted by molar-refractivity contribution is 6.42. The first-order chi connectivity index (χ1) is 13.9. The van der Waals surface area contributed by atoms with Gasteiger partial charge in [-0.2, -0.15) is 0 Å². The Labute approximate surface area is 181 Å². The molecule has 0 radical (unpaired) electrons. The number of halogens is 4. The van der Waals surface area contributed by atoms with Crippen LogP contribution in [0.25, 0.3) is 10.9 Å². The van der Waals surface area contributed by atoms with E-state index in [4.69, 9.17) is 34.8 Å². The van der Waals surface area contributed by atoms with Gasteiger partial charge in [0.05, 0.1) is 20.8 Å². The molecule has 0 fully saturated rings. The Morgan fingerprint density at radius 3 is 2.55 bits per heavy atom. The SMILES string of the molecule is Oc1c(C(Cc2ncc(Cl)cc2F)c2ccc(Cl)c(Cl)c2)ccc2cccnc12. The minimum atomic E-state index is -0.513. The second kappa shape index (κ2) is 8.15. The number of phenols is 1. The number of phenolic OH excluding ortho intramolecular Hbond substituents is 1. The molecule has 1 unspecified atom stereocenters. The van der Waals surface area contributed by atoms with E-state index in [9.17, 15) is 9.50 Å². The van der Waals surface area contributed by atoms with Gasteiger partial charge in [0.1, 0.15) is 17.1 Å². The van der Waals surface area contributed by atoms with Gasteiger partial charge < -0.3 is 5.11 Å². The van der Waals surface area contributed by atoms with Crippen LogP contribution >= 0.6 is 34.8 Å². The lowest BCUT2D eigenvalue weighted by Gasteiger charge is -2.20. The third-order valence-electron chi connectivity index (χ3n) is 4.78. The molecule has 3 nitrogen and oxygen atoms in total. The summed E-state index contributed by atoms with van der Waals surface area (Å²) < 4.78 is 14.5. The molecule has 1 N–H and O–H groups in total. The van der Waals surface area contributed by atoms with Crippen molar-refractivity contribution in [1.29, 1.82) is 0 Å². The van der Waals surface area contributed by atoms with Gasteiger partial charge in [-0.15, -0.1) is 0 Å². The Morgan fingerprint density at radius 2 is 1.79 bits per heavy atom. The minimum Gasteiger partial charge on any atom is -0.505 e. The standard InChI is InChI=1S/C22H14Cl3FN2O/c23-14-9-19(26)20(28-11-14)10-16(13-4-6-17(24)18(25)8-13)15-5-3-12-2-1-7-27-21(12)22(15)29/h1-9,11,16,29H,10H2. The molecule has 4 aromatic rings. The van der Waals surface area contributed by atoms with Gasteiger partial charge in [-0.25, -0.2) is 4.39 Å². The monoisotopic (exact) mass is 446 g/mol. The normalized spacial score (nSPS) is 12.3. The summed E-state index contributed by atoms with van der Waals surface area (Å²) in [4.78, 5) is 8.42. The zero-order valence-corrected chi connectivity index (χ0v) is 17.2. The maximum Gasteiger partial charge on any atom is 0.146 e. The largest absolute Gasteiger partial charge is 0.505 e. The van der Waals surface area contributed by atoms with Crippen LogP contribution < -0.4 is 0 Å². The summed E-state index contributed by atoms with van der Waals surface area (Å²) in [7, 11) is 0. The number of hydrogen-bond acceptors (Lipinski definition) is 3. The van der Waals surface area contributed by atoms with Crippen molar-refractivity contribution in [3.05, 3.63) is 98.6 Å². The van der Waals surface area contributed by atoms with Crippen LogP contribution in [0.3, 0.4) is 0 Å². The van der Waals surface area contributed by atoms with Crippen LogP contribution in [0.1, 0.15) is 22.7 Å². The van der Waals surface area contributed by atoms with Gasteiger partial charge in [-0.05, 0) is 29.8 Å². The molecule has 0 spiro atoms. The van der Waals surface area contributed by atoms with Crippen LogP contribution in [0.15, 0.2) is 60.9 Å². The van der Waals surface area contributed by atoms with Crippen LogP contribution in [0.5, 0.6) is 5.75 Å². The van der Waals surface area contributed by atoms with E-state index in [1.165, 1.54) is 12.3 Å². The first-order valence-electron chi connectivity index (χ1n) is 8.75. The molecule has 2 heterocycles. The Morgan fingerprint density at radius 1 is 0.966 bits per heavy atom. The minimum absolute atomic E-state index is 0.0357. The first-order valence-corrected chi connectivity index (χ1v) is 9.89. The van der Waals surface area contributed by atoms with Crippen molar-refractivity contribution in [2.24, 2.45) is 0 Å². The highest BCUT2D eigenvalue weighted by Crippen LogP contribution is 2.39. The van der Waals surface area contributed by atoms with E-state index < -0.39 is 11.7 Å². The number of nitrogens with zero attached hydrogens (tertiary/aromatic N) is 2. The molecule has 0 amide bonds. The summed E-state index contributed by atoms with van der Waals surface area (Å²) in [6.07, 6.45) is 3.20. The smallest absolute Gasteiger partial charge is 0.146 e. The number of hydrogen-bond donors (Lipinski definition) is 1. The quantitative estimate of drug-likeness (QED) is 0.374. The number of aromatic hydroxyl groups is 1. The van der Waals surface area contributed by atoms with Gasteiger partial charge in [0.2, 0.25) is 0 Å². The van der Waals surface area contributed by atoms with Crippen molar-refractivity contribution in [2.45, 2.75) is 12.3 Å². The molecule has 2 aromatic heterocycles. The molecular formula is C22H14Cl3FN2O. The molecule has 146 valence electrons. The predicted octanol–water partition coefficient (Wildman–Crippen LogP) is 6.81. The second-order valence-electron chi connectivity index (χ2n) is 6.59. The first kappa shape index (κ1) is 19.9. The maximum atomic E-state index is 14.5. The van der Waals surface area contributed by atoms with Crippen LogP contribution in [0, 0.1) is 5.82 Å². The lowest BCUT2D eigenvalue weighted by molar-refractivity contribution is 0.468. The average Bonchev–Trinajstić information content (AvgIpc) is 2.71. The molecule has 1 atom stereocenters. The molecule has 7 heteroatoms. The van der Waals surface area contributed by atoms with Crippen molar-refractivity contribution in [3.63, 3.8) is 0 Å². The van der Waals surface area contributed by atoms with E-state index in [1.807, 2.05) is 12.1 Å². The molecule has 0 bridgehead atoms. The molecule has 2 aromatic carbocycles. The van der Waals surface area contributed by atoms with Crippen molar-refractivity contribution in [3.8, 4) is 5.75 Å². The third kappa shape index (κ3) is 4.01. The Kier molecular flexibility index (Phi) is 5.59. The predicted molar refractivity (Wildman–Crippen MR) is 115 cm³/mol. The summed E-state index contributed by atoms with van der Waals surface area (Å²) in [5, 5.41) is 12.7. The van der Waals surface area contributed by atoms with Crippen molar-refractivity contribution < 1.29 is 9.50 Å². The maximum absolute atomic E-state index is 14.5. The highest BCUT2D eigenvalue weighted by Gasteiger charge is 2.23. The van der Waals surface area contributed by atoms with Gasteiger partial charge in [0, 0.05) is 35.7 Å². The van der Waals surface area contributed by atoms with E-state index in [0.717, 1.165) is 10.9 Å². The van der Waals surface area contributed by atoms with Gasteiger partial charge in [-0.1, -0.05) is 59.1 Å². The number of aromatic nitrogens is 2. The molecule has 0 saturated carbocycles. The number of pyridine rings is 2. The molecule has 29 heavy (non-hydrogen) atoms. The third-order valence-corrected chi connectivity index (χ3v) is 5.73. The summed E-state index contributed by atoms with van der Waals surface area (Å²) in [5.41, 5.74) is 2.05. The Hall–Kier alpha value is -2.40. The molecule has 0 aliphatic rings. The molecule has 0 aliphatic heterocycles. The van der Waals surface area contributed by atoms with Crippen molar-refractivity contribution >= 4 is 45.7 Å². The Bertz CT molecular complexity index is 1220. The van der Waals surface area contributed by atoms with Gasteiger partial charge in [0.15, 0.2) is 0 Å². The molecular weight excluding hydrogens is 434 g/mol. The Balaban J connectivity index is 1.88. The number of benzene rings is 2. The average molecular weight is 448 g/mol. The summed E-state index contributed by atoms with van der Waals surface area (Å²) in [6.45, 7) is 0. The molecule has 0 saturated heterocycles. The lowest BCUT2D eigenvalue weighted by Crippen LogP contribution is -2.09. The van der Waals surface area contributed by atoms with E-state index in [2.05, 4.69) is 9.97 Å². The van der Waals surface area contributed by atoms with E-state index in [1.54, 1.807) is 36.5 Å². The van der Waals surface area contributed by atoms with Crippen LogP contribution in [0.4, 0.5) is 4.39 Å².